The summed E-state index contributed by atoms with van der Waals surface area (Å²) in [5.74, 6) is 0. The van der Waals surface area contributed by atoms with Crippen molar-refractivity contribution in [2.24, 2.45) is 0 Å². The zero-order chi connectivity index (χ0) is 12.0. The number of aryl methyl sites for hydroxylation is 3. The van der Waals surface area contributed by atoms with Gasteiger partial charge in [0.05, 0.1) is 6.29 Å². The molecule has 0 saturated carbocycles. The molecule has 0 fully saturated rings. The van der Waals surface area contributed by atoms with Gasteiger partial charge in [0.15, 0.2) is 0 Å². The zero-order valence-corrected chi connectivity index (χ0v) is 12.7. The van der Waals surface area contributed by atoms with Gasteiger partial charge in [0.2, 0.25) is 0 Å². The van der Waals surface area contributed by atoms with Crippen LogP contribution >= 0.6 is 8.25 Å². The first-order valence-electron chi connectivity index (χ1n) is 4.19. The third-order valence-corrected chi connectivity index (χ3v) is 1.78. The molecule has 1 aromatic rings. The Bertz CT molecular complexity index is 352. The number of hydrogen-bond donors (Lipinski definition) is 2. The van der Waals surface area contributed by atoms with E-state index in [0.717, 1.165) is 11.1 Å². The molecule has 6 heteroatoms. The van der Waals surface area contributed by atoms with Crippen LogP contribution in [0.1, 0.15) is 22.3 Å². The molecule has 0 aliphatic rings. The number of benzene rings is 1. The molecule has 0 heterocycles. The second kappa shape index (κ2) is 8.99. The SMILES string of the molecule is Cc1cc(C)c([C-]=O)c(C)c1.O=[P+](O)O.[Na+]. The van der Waals surface area contributed by atoms with Gasteiger partial charge >= 0.3 is 37.8 Å². The molecular formula is C10H13NaO4P+. The molecule has 0 bridgehead atoms. The van der Waals surface area contributed by atoms with E-state index in [1.54, 1.807) is 0 Å². The van der Waals surface area contributed by atoms with Crippen molar-refractivity contribution in [1.29, 1.82) is 0 Å². The number of carbonyl (C=O) groups excluding carboxylic acids is 1. The Morgan fingerprint density at radius 2 is 1.44 bits per heavy atom. The van der Waals surface area contributed by atoms with E-state index in [4.69, 9.17) is 14.4 Å². The van der Waals surface area contributed by atoms with Crippen molar-refractivity contribution >= 4 is 14.5 Å². The van der Waals surface area contributed by atoms with Crippen LogP contribution in [0.2, 0.25) is 0 Å². The molecule has 4 nitrogen and oxygen atoms in total. The number of rotatable bonds is 1. The van der Waals surface area contributed by atoms with Crippen molar-refractivity contribution in [3.8, 4) is 0 Å². The van der Waals surface area contributed by atoms with Gasteiger partial charge in [0.1, 0.15) is 0 Å². The van der Waals surface area contributed by atoms with E-state index >= 15 is 0 Å². The first-order valence-corrected chi connectivity index (χ1v) is 5.36. The fourth-order valence-corrected chi connectivity index (χ4v) is 1.34. The maximum Gasteiger partial charge on any atom is 1.00 e. The minimum absolute atomic E-state index is 0. The maximum atomic E-state index is 10.4. The van der Waals surface area contributed by atoms with E-state index in [2.05, 4.69) is 0 Å². The molecule has 0 amide bonds. The van der Waals surface area contributed by atoms with Gasteiger partial charge in [-0.2, -0.15) is 0 Å². The average molecular weight is 251 g/mol. The molecule has 0 aliphatic carbocycles. The third kappa shape index (κ3) is 7.23. The molecule has 1 rings (SSSR count). The van der Waals surface area contributed by atoms with Crippen molar-refractivity contribution in [3.05, 3.63) is 34.4 Å². The first kappa shape index (κ1) is 18.3. The maximum absolute atomic E-state index is 10.4. The molecule has 2 N–H and O–H groups in total. The fraction of sp³-hybridized carbons (Fsp3) is 0.300. The molecular weight excluding hydrogens is 238 g/mol. The molecule has 0 spiro atoms. The molecule has 0 unspecified atom stereocenters. The molecule has 0 radical (unpaired) electrons. The van der Waals surface area contributed by atoms with Crippen molar-refractivity contribution in [3.63, 3.8) is 0 Å². The Labute approximate surface area is 118 Å². The van der Waals surface area contributed by atoms with Gasteiger partial charge in [-0.05, 0) is 6.92 Å². The Kier molecular flexibility index (Phi) is 10.3. The van der Waals surface area contributed by atoms with Crippen LogP contribution in [0.25, 0.3) is 0 Å². The van der Waals surface area contributed by atoms with E-state index in [1.807, 2.05) is 39.2 Å². The van der Waals surface area contributed by atoms with E-state index in [1.165, 1.54) is 5.56 Å². The quantitative estimate of drug-likeness (QED) is 0.370. The summed E-state index contributed by atoms with van der Waals surface area (Å²) in [4.78, 5) is 24.7. The standard InChI is InChI=1S/C10H11O.Na.HO3P/c1-7-4-8(2)10(6-11)9(3)5-7;;1-4(2)3/h4-5H,1-3H3;;(H-,1,2,3)/q-1;+1;/p+1. The van der Waals surface area contributed by atoms with Gasteiger partial charge in [-0.25, -0.2) is 0 Å². The van der Waals surface area contributed by atoms with Crippen LogP contribution in [0, 0.1) is 20.8 Å². The Morgan fingerprint density at radius 3 is 1.69 bits per heavy atom. The largest absolute Gasteiger partial charge is 1.00 e. The molecule has 0 aliphatic heterocycles. The van der Waals surface area contributed by atoms with Crippen LogP contribution < -0.4 is 29.6 Å². The Morgan fingerprint density at radius 1 is 1.12 bits per heavy atom. The van der Waals surface area contributed by atoms with Crippen LogP contribution in [0.15, 0.2) is 12.1 Å². The minimum atomic E-state index is -2.87. The second-order valence-electron chi connectivity index (χ2n) is 3.13. The molecule has 1 aromatic carbocycles. The van der Waals surface area contributed by atoms with Crippen molar-refractivity contribution in [2.45, 2.75) is 20.8 Å². The summed E-state index contributed by atoms with van der Waals surface area (Å²) in [6.07, 6.45) is 1.94. The van der Waals surface area contributed by atoms with E-state index < -0.39 is 8.25 Å². The summed E-state index contributed by atoms with van der Waals surface area (Å²) in [6, 6.07) is 3.99. The molecule has 16 heavy (non-hydrogen) atoms. The molecule has 82 valence electrons. The van der Waals surface area contributed by atoms with Crippen molar-refractivity contribution in [1.82, 2.24) is 0 Å². The number of hydrogen-bond acceptors (Lipinski definition) is 2. The third-order valence-electron chi connectivity index (χ3n) is 1.78. The summed E-state index contributed by atoms with van der Waals surface area (Å²) in [7, 11) is -2.87. The van der Waals surface area contributed by atoms with Crippen LogP contribution in [0.3, 0.4) is 0 Å². The van der Waals surface area contributed by atoms with E-state index in [-0.39, 0.29) is 29.6 Å². The van der Waals surface area contributed by atoms with Gasteiger partial charge in [-0.1, -0.05) is 19.4 Å². The monoisotopic (exact) mass is 251 g/mol. The molecule has 0 atom stereocenters. The fourth-order valence-electron chi connectivity index (χ4n) is 1.34. The van der Waals surface area contributed by atoms with Gasteiger partial charge in [0.25, 0.3) is 0 Å². The summed E-state index contributed by atoms with van der Waals surface area (Å²) in [5.41, 5.74) is 3.92. The predicted octanol–water partition coefficient (Wildman–Crippen LogP) is -1.30. The van der Waals surface area contributed by atoms with E-state index in [9.17, 15) is 4.79 Å². The van der Waals surface area contributed by atoms with Crippen LogP contribution in [-0.4, -0.2) is 16.1 Å². The predicted molar refractivity (Wildman–Crippen MR) is 57.5 cm³/mol. The van der Waals surface area contributed by atoms with Gasteiger partial charge in [-0.3, -0.25) is 0 Å². The van der Waals surface area contributed by atoms with Crippen LogP contribution in [-0.2, 0) is 9.36 Å². The van der Waals surface area contributed by atoms with Crippen LogP contribution in [0.4, 0.5) is 0 Å². The molecule has 0 aromatic heterocycles. The second-order valence-corrected chi connectivity index (χ2v) is 3.63. The summed E-state index contributed by atoms with van der Waals surface area (Å²) in [5, 5.41) is 0. The average Bonchev–Trinajstić information content (AvgIpc) is 2.01. The van der Waals surface area contributed by atoms with Crippen molar-refractivity contribution in [2.75, 3.05) is 0 Å². The van der Waals surface area contributed by atoms with E-state index in [0.29, 0.717) is 5.56 Å². The van der Waals surface area contributed by atoms with Crippen LogP contribution in [0.5, 0.6) is 0 Å². The normalized spacial score (nSPS) is 8.31. The summed E-state index contributed by atoms with van der Waals surface area (Å²) < 4.78 is 8.70. The molecule has 0 saturated heterocycles. The van der Waals surface area contributed by atoms with Gasteiger partial charge in [-0.15, -0.1) is 38.6 Å². The Balaban J connectivity index is 0. The summed E-state index contributed by atoms with van der Waals surface area (Å²) in [6.45, 7) is 5.88. The smallest absolute Gasteiger partial charge is 0.376 e. The summed E-state index contributed by atoms with van der Waals surface area (Å²) >= 11 is 0. The minimum Gasteiger partial charge on any atom is -0.376 e. The first-order chi connectivity index (χ1) is 6.88. The van der Waals surface area contributed by atoms with Gasteiger partial charge in [0, 0.05) is 4.57 Å². The zero-order valence-electron chi connectivity index (χ0n) is 9.81. The van der Waals surface area contributed by atoms with Crippen molar-refractivity contribution < 1.29 is 48.7 Å². The topological polar surface area (TPSA) is 74.6 Å². The van der Waals surface area contributed by atoms with Gasteiger partial charge < -0.3 is 4.79 Å². The Hall–Kier alpha value is -0.0900.